The van der Waals surface area contributed by atoms with Crippen molar-refractivity contribution < 1.29 is 12.8 Å². The van der Waals surface area contributed by atoms with Crippen molar-refractivity contribution in [1.82, 2.24) is 4.31 Å². The summed E-state index contributed by atoms with van der Waals surface area (Å²) < 4.78 is 40.1. The van der Waals surface area contributed by atoms with Gasteiger partial charge in [0.2, 0.25) is 10.0 Å². The van der Waals surface area contributed by atoms with Crippen LogP contribution < -0.4 is 5.73 Å². The normalized spacial score (nSPS) is 11.3. The maximum atomic E-state index is 13.5. The van der Waals surface area contributed by atoms with Crippen LogP contribution in [0.15, 0.2) is 53.4 Å². The maximum absolute atomic E-state index is 13.5. The van der Waals surface area contributed by atoms with Crippen molar-refractivity contribution in [3.8, 4) is 0 Å². The molecule has 132 valence electrons. The molecule has 0 radical (unpaired) electrons. The van der Waals surface area contributed by atoms with Crippen molar-refractivity contribution in [2.24, 2.45) is 5.73 Å². The summed E-state index contributed by atoms with van der Waals surface area (Å²) in [6, 6.07) is 12.8. The van der Waals surface area contributed by atoms with Crippen LogP contribution >= 0.6 is 24.0 Å². The Bertz CT molecular complexity index is 738. The Morgan fingerprint density at radius 3 is 2.33 bits per heavy atom. The molecule has 24 heavy (non-hydrogen) atoms. The Labute approximate surface area is 152 Å². The average molecular weight is 393 g/mol. The van der Waals surface area contributed by atoms with E-state index in [1.165, 1.54) is 10.4 Å². The van der Waals surface area contributed by atoms with Crippen LogP contribution in [0, 0.1) is 5.82 Å². The second-order valence-electron chi connectivity index (χ2n) is 5.03. The minimum absolute atomic E-state index is 0. The molecule has 0 saturated carbocycles. The third-order valence-corrected chi connectivity index (χ3v) is 5.44. The van der Waals surface area contributed by atoms with E-state index in [-0.39, 0.29) is 42.0 Å². The van der Waals surface area contributed by atoms with Crippen LogP contribution in [0.5, 0.6) is 0 Å². The Morgan fingerprint density at radius 1 is 1.08 bits per heavy atom. The molecule has 0 aliphatic heterocycles. The highest BCUT2D eigenvalue weighted by molar-refractivity contribution is 7.89. The predicted octanol–water partition coefficient (Wildman–Crippen LogP) is 3.09. The molecule has 0 unspecified atom stereocenters. The zero-order valence-electron chi connectivity index (χ0n) is 12.9. The smallest absolute Gasteiger partial charge is 0.243 e. The number of benzene rings is 2. The monoisotopic (exact) mass is 392 g/mol. The molecule has 4 nitrogen and oxygen atoms in total. The zero-order chi connectivity index (χ0) is 16.9. The summed E-state index contributed by atoms with van der Waals surface area (Å²) >= 11 is 5.76. The van der Waals surface area contributed by atoms with E-state index in [2.05, 4.69) is 0 Å². The highest BCUT2D eigenvalue weighted by Gasteiger charge is 2.24. The van der Waals surface area contributed by atoms with E-state index in [1.807, 2.05) is 30.3 Å². The molecule has 2 aromatic rings. The van der Waals surface area contributed by atoms with E-state index in [1.54, 1.807) is 0 Å². The third kappa shape index (κ3) is 5.43. The molecule has 0 amide bonds. The Kier molecular flexibility index (Phi) is 8.12. The van der Waals surface area contributed by atoms with Gasteiger partial charge in [-0.3, -0.25) is 0 Å². The van der Waals surface area contributed by atoms with Gasteiger partial charge >= 0.3 is 0 Å². The number of nitrogens with two attached hydrogens (primary N) is 1. The van der Waals surface area contributed by atoms with Gasteiger partial charge in [-0.2, -0.15) is 4.31 Å². The first-order valence-electron chi connectivity index (χ1n) is 7.13. The fraction of sp³-hybridized carbons (Fsp3) is 0.250. The minimum atomic E-state index is -3.85. The fourth-order valence-electron chi connectivity index (χ4n) is 2.22. The summed E-state index contributed by atoms with van der Waals surface area (Å²) in [6.07, 6.45) is 0.545. The van der Waals surface area contributed by atoms with Crippen molar-refractivity contribution in [2.45, 2.75) is 11.3 Å². The summed E-state index contributed by atoms with van der Waals surface area (Å²) in [5, 5.41) is 0.0410. The minimum Gasteiger partial charge on any atom is -0.329 e. The summed E-state index contributed by atoms with van der Waals surface area (Å²) in [5.74, 6) is -0.688. The lowest BCUT2D eigenvalue weighted by Gasteiger charge is -2.21. The Balaban J connectivity index is 0.00000288. The van der Waals surface area contributed by atoms with Gasteiger partial charge in [0.15, 0.2) is 0 Å². The zero-order valence-corrected chi connectivity index (χ0v) is 15.2. The topological polar surface area (TPSA) is 63.4 Å². The molecular weight excluding hydrogens is 374 g/mol. The maximum Gasteiger partial charge on any atom is 0.243 e. The van der Waals surface area contributed by atoms with Gasteiger partial charge in [-0.05, 0) is 30.2 Å². The molecule has 0 spiro atoms. The van der Waals surface area contributed by atoms with Crippen molar-refractivity contribution in [3.05, 3.63) is 64.9 Å². The molecule has 2 N–H and O–H groups in total. The van der Waals surface area contributed by atoms with Crippen LogP contribution in [0.1, 0.15) is 5.56 Å². The number of hydrogen-bond donors (Lipinski definition) is 1. The standard InChI is InChI=1S/C16H18ClFN2O2S.ClH/c17-14-10-15(18)12-16(11-14)23(21,22)20(9-7-19)8-6-13-4-2-1-3-5-13;/h1-5,10-12H,6-9,19H2;1H. The molecule has 0 aliphatic carbocycles. The van der Waals surface area contributed by atoms with Gasteiger partial charge in [-0.1, -0.05) is 41.9 Å². The molecule has 8 heteroatoms. The summed E-state index contributed by atoms with van der Waals surface area (Å²) in [4.78, 5) is -0.163. The number of halogens is 3. The first kappa shape index (κ1) is 20.9. The van der Waals surface area contributed by atoms with E-state index >= 15 is 0 Å². The van der Waals surface area contributed by atoms with Crippen molar-refractivity contribution in [1.29, 1.82) is 0 Å². The number of sulfonamides is 1. The second-order valence-corrected chi connectivity index (χ2v) is 7.41. The van der Waals surface area contributed by atoms with Gasteiger partial charge in [-0.15, -0.1) is 12.4 Å². The van der Waals surface area contributed by atoms with E-state index in [4.69, 9.17) is 17.3 Å². The number of nitrogens with zero attached hydrogens (tertiary/aromatic N) is 1. The lowest BCUT2D eigenvalue weighted by molar-refractivity contribution is 0.421. The van der Waals surface area contributed by atoms with E-state index in [0.29, 0.717) is 6.42 Å². The lowest BCUT2D eigenvalue weighted by Crippen LogP contribution is -2.37. The number of hydrogen-bond acceptors (Lipinski definition) is 3. The highest BCUT2D eigenvalue weighted by atomic mass is 35.5. The van der Waals surface area contributed by atoms with Crippen LogP contribution in [0.4, 0.5) is 4.39 Å². The van der Waals surface area contributed by atoms with Crippen LogP contribution in [0.25, 0.3) is 0 Å². The van der Waals surface area contributed by atoms with Crippen molar-refractivity contribution in [2.75, 3.05) is 19.6 Å². The molecule has 0 aliphatic rings. The van der Waals surface area contributed by atoms with Gasteiger partial charge in [0.05, 0.1) is 4.90 Å². The third-order valence-electron chi connectivity index (χ3n) is 3.35. The molecule has 2 aromatic carbocycles. The second kappa shape index (κ2) is 9.34. The van der Waals surface area contributed by atoms with Crippen LogP contribution in [-0.2, 0) is 16.4 Å². The largest absolute Gasteiger partial charge is 0.329 e. The fourth-order valence-corrected chi connectivity index (χ4v) is 4.02. The molecule has 0 heterocycles. The van der Waals surface area contributed by atoms with Crippen molar-refractivity contribution >= 4 is 34.0 Å². The molecule has 0 fully saturated rings. The molecule has 0 bridgehead atoms. The Morgan fingerprint density at radius 2 is 1.75 bits per heavy atom. The molecule has 2 rings (SSSR count). The van der Waals surface area contributed by atoms with E-state index in [9.17, 15) is 12.8 Å². The average Bonchev–Trinajstić information content (AvgIpc) is 2.51. The summed E-state index contributed by atoms with van der Waals surface area (Å²) in [6.45, 7) is 0.595. The molecule has 0 aromatic heterocycles. The first-order chi connectivity index (χ1) is 10.9. The SMILES string of the molecule is Cl.NCCN(CCc1ccccc1)S(=O)(=O)c1cc(F)cc(Cl)c1. The van der Waals surface area contributed by atoms with E-state index in [0.717, 1.165) is 17.7 Å². The first-order valence-corrected chi connectivity index (χ1v) is 8.95. The predicted molar refractivity (Wildman–Crippen MR) is 96.6 cm³/mol. The number of rotatable bonds is 7. The molecule has 0 saturated heterocycles. The quantitative estimate of drug-likeness (QED) is 0.787. The van der Waals surface area contributed by atoms with Gasteiger partial charge in [0.25, 0.3) is 0 Å². The summed E-state index contributed by atoms with van der Waals surface area (Å²) in [7, 11) is -3.85. The van der Waals surface area contributed by atoms with Crippen LogP contribution in [-0.4, -0.2) is 32.4 Å². The van der Waals surface area contributed by atoms with Crippen molar-refractivity contribution in [3.63, 3.8) is 0 Å². The van der Waals surface area contributed by atoms with Gasteiger partial charge in [-0.25, -0.2) is 12.8 Å². The van der Waals surface area contributed by atoms with Crippen LogP contribution in [0.2, 0.25) is 5.02 Å². The molecular formula is C16H19Cl2FN2O2S. The summed E-state index contributed by atoms with van der Waals surface area (Å²) in [5.41, 5.74) is 6.54. The Hall–Kier alpha value is -1.18. The highest BCUT2D eigenvalue weighted by Crippen LogP contribution is 2.21. The lowest BCUT2D eigenvalue weighted by atomic mass is 10.1. The van der Waals surface area contributed by atoms with E-state index < -0.39 is 15.8 Å². The van der Waals surface area contributed by atoms with Gasteiger partial charge < -0.3 is 5.73 Å². The van der Waals surface area contributed by atoms with Gasteiger partial charge in [0, 0.05) is 24.7 Å². The molecule has 0 atom stereocenters. The van der Waals surface area contributed by atoms with Crippen LogP contribution in [0.3, 0.4) is 0 Å². The van der Waals surface area contributed by atoms with Gasteiger partial charge in [0.1, 0.15) is 5.82 Å².